The van der Waals surface area contributed by atoms with Crippen LogP contribution in [0, 0.1) is 0 Å². The quantitative estimate of drug-likeness (QED) is 0.186. The molecule has 0 spiro atoms. The number of phenolic OH excluding ortho intramolecular Hbond substituents is 1. The summed E-state index contributed by atoms with van der Waals surface area (Å²) in [5, 5.41) is 14.5. The van der Waals surface area contributed by atoms with Crippen LogP contribution in [0.4, 0.5) is 0 Å². The third-order valence-electron chi connectivity index (χ3n) is 10.8. The zero-order valence-corrected chi connectivity index (χ0v) is 33.1. The van der Waals surface area contributed by atoms with Gasteiger partial charge in [-0.05, 0) is 92.4 Å². The molecule has 0 saturated heterocycles. The molecule has 0 bridgehead atoms. The number of pyridine rings is 1. The average molecular weight is 720 g/mol. The molecular weight excluding hydrogens is 671 g/mol. The smallest absolute Gasteiger partial charge is 0.149 e. The van der Waals surface area contributed by atoms with Gasteiger partial charge in [0, 0.05) is 28.3 Å². The number of imidazole rings is 1. The van der Waals surface area contributed by atoms with Gasteiger partial charge in [-0.1, -0.05) is 146 Å². The first-order valence-corrected chi connectivity index (χ1v) is 19.3. The highest BCUT2D eigenvalue weighted by Crippen LogP contribution is 2.45. The van der Waals surface area contributed by atoms with E-state index < -0.39 is 0 Å². The number of phenols is 1. The van der Waals surface area contributed by atoms with Crippen molar-refractivity contribution in [3.05, 3.63) is 156 Å². The topological polar surface area (TPSA) is 50.9 Å². The number of hydrogen-bond acceptors (Lipinski definition) is 3. The Morgan fingerprint density at radius 3 is 2.05 bits per heavy atom. The van der Waals surface area contributed by atoms with Gasteiger partial charge in [0.2, 0.25) is 0 Å². The average Bonchev–Trinajstić information content (AvgIpc) is 3.56. The predicted octanol–water partition coefficient (Wildman–Crippen LogP) is 13.7. The van der Waals surface area contributed by atoms with E-state index in [1.54, 1.807) is 0 Å². The maximum Gasteiger partial charge on any atom is 0.149 e. The molecule has 8 aromatic rings. The third kappa shape index (κ3) is 6.71. The zero-order valence-electron chi connectivity index (χ0n) is 33.1. The summed E-state index contributed by atoms with van der Waals surface area (Å²) in [6.07, 6.45) is 1.91. The summed E-state index contributed by atoms with van der Waals surface area (Å²) in [5.74, 6) is 1.28. The van der Waals surface area contributed by atoms with E-state index in [1.807, 2.05) is 12.3 Å². The zero-order chi connectivity index (χ0) is 38.6. The molecule has 8 rings (SSSR count). The van der Waals surface area contributed by atoms with Crippen LogP contribution in [-0.2, 0) is 10.8 Å². The molecule has 1 N–H and O–H groups in total. The number of aromatic nitrogens is 3. The molecule has 55 heavy (non-hydrogen) atoms. The fourth-order valence-electron chi connectivity index (χ4n) is 7.66. The van der Waals surface area contributed by atoms with E-state index >= 15 is 0 Å². The van der Waals surface area contributed by atoms with E-state index in [1.165, 1.54) is 5.56 Å². The molecule has 4 heteroatoms. The van der Waals surface area contributed by atoms with E-state index in [4.69, 9.17) is 9.97 Å². The molecule has 0 atom stereocenters. The van der Waals surface area contributed by atoms with Gasteiger partial charge < -0.3 is 5.11 Å². The number of benzene rings is 6. The normalized spacial score (nSPS) is 12.2. The molecule has 0 saturated carbocycles. The van der Waals surface area contributed by atoms with Crippen molar-refractivity contribution < 1.29 is 5.11 Å². The van der Waals surface area contributed by atoms with Crippen LogP contribution in [0.5, 0.6) is 5.75 Å². The summed E-state index contributed by atoms with van der Waals surface area (Å²) >= 11 is 0. The van der Waals surface area contributed by atoms with Crippen molar-refractivity contribution in [1.82, 2.24) is 14.5 Å². The van der Waals surface area contributed by atoms with E-state index in [0.29, 0.717) is 11.7 Å². The Balaban J connectivity index is 1.43. The SMILES string of the molecule is CC(C)c1cc(-c2cc(-c3ccccc3)ccn2)cc(-c2cccc3c2nc(-c2cc(C(C)(C)C)cc(C(C)(C)C)c2O)n3-c2cccc3ccccc23)c1. The first-order chi connectivity index (χ1) is 26.3. The van der Waals surface area contributed by atoms with E-state index in [9.17, 15) is 5.11 Å². The number of aromatic hydroxyl groups is 1. The highest BCUT2D eigenvalue weighted by Gasteiger charge is 2.29. The van der Waals surface area contributed by atoms with Gasteiger partial charge in [-0.25, -0.2) is 4.98 Å². The fraction of sp³-hybridized carbons (Fsp3) is 0.216. The van der Waals surface area contributed by atoms with Crippen LogP contribution in [0.3, 0.4) is 0 Å². The van der Waals surface area contributed by atoms with E-state index in [-0.39, 0.29) is 16.6 Å². The minimum atomic E-state index is -0.291. The Bertz CT molecular complexity index is 2700. The highest BCUT2D eigenvalue weighted by atomic mass is 16.3. The second-order valence-corrected chi connectivity index (χ2v) is 17.2. The largest absolute Gasteiger partial charge is 0.507 e. The predicted molar refractivity (Wildman–Crippen MR) is 231 cm³/mol. The van der Waals surface area contributed by atoms with Gasteiger partial charge >= 0.3 is 0 Å². The lowest BCUT2D eigenvalue weighted by atomic mass is 9.79. The van der Waals surface area contributed by atoms with Crippen LogP contribution in [0.15, 0.2) is 140 Å². The van der Waals surface area contributed by atoms with Gasteiger partial charge in [-0.3, -0.25) is 9.55 Å². The molecule has 0 aliphatic heterocycles. The molecule has 6 aromatic carbocycles. The van der Waals surface area contributed by atoms with Crippen molar-refractivity contribution in [2.75, 3.05) is 0 Å². The van der Waals surface area contributed by atoms with Gasteiger partial charge in [0.25, 0.3) is 0 Å². The van der Waals surface area contributed by atoms with Crippen LogP contribution in [-0.4, -0.2) is 19.6 Å². The first-order valence-electron chi connectivity index (χ1n) is 19.3. The molecule has 2 heterocycles. The lowest BCUT2D eigenvalue weighted by Gasteiger charge is -2.27. The number of fused-ring (bicyclic) bond motifs is 2. The minimum Gasteiger partial charge on any atom is -0.507 e. The molecule has 0 fully saturated rings. The molecule has 274 valence electrons. The van der Waals surface area contributed by atoms with Crippen LogP contribution in [0.2, 0.25) is 0 Å². The summed E-state index contributed by atoms with van der Waals surface area (Å²) in [5.41, 5.74) is 12.9. The van der Waals surface area contributed by atoms with Crippen LogP contribution in [0.1, 0.15) is 78.0 Å². The van der Waals surface area contributed by atoms with Crippen molar-refractivity contribution in [2.24, 2.45) is 0 Å². The number of hydrogen-bond donors (Lipinski definition) is 1. The Hall–Kier alpha value is -6.00. The molecule has 0 amide bonds. The van der Waals surface area contributed by atoms with Gasteiger partial charge in [-0.2, -0.15) is 0 Å². The summed E-state index contributed by atoms with van der Waals surface area (Å²) in [4.78, 5) is 10.4. The number of nitrogens with zero attached hydrogens (tertiary/aromatic N) is 3. The Morgan fingerprint density at radius 1 is 0.600 bits per heavy atom. The standard InChI is InChI=1S/C51H49N3O/c1-32(2)36-26-37(28-38(27-36)44-29-35(24-25-52-44)33-16-10-9-11-17-33)41-21-15-23-46-47(41)53-49(54(46)45-22-14-19-34-18-12-13-20-40(34)45)42-30-39(50(3,4)5)31-43(48(42)55)51(6,7)8/h9-32,55H,1-8H3. The first kappa shape index (κ1) is 36.0. The van der Waals surface area contributed by atoms with Crippen molar-refractivity contribution in [1.29, 1.82) is 0 Å². The summed E-state index contributed by atoms with van der Waals surface area (Å²) in [6.45, 7) is 17.6. The molecule has 0 aliphatic carbocycles. The van der Waals surface area contributed by atoms with Crippen molar-refractivity contribution in [2.45, 2.75) is 72.1 Å². The Morgan fingerprint density at radius 2 is 1.31 bits per heavy atom. The van der Waals surface area contributed by atoms with Gasteiger partial charge in [0.05, 0.1) is 28.0 Å². The third-order valence-corrected chi connectivity index (χ3v) is 10.8. The molecule has 4 nitrogen and oxygen atoms in total. The molecular formula is C51H49N3O. The van der Waals surface area contributed by atoms with E-state index in [0.717, 1.165) is 77.7 Å². The highest BCUT2D eigenvalue weighted by molar-refractivity contribution is 6.00. The van der Waals surface area contributed by atoms with Gasteiger partial charge in [-0.15, -0.1) is 0 Å². The lowest BCUT2D eigenvalue weighted by Crippen LogP contribution is -2.17. The minimum absolute atomic E-state index is 0.149. The maximum atomic E-state index is 12.3. The number of para-hydroxylation sites is 1. The maximum absolute atomic E-state index is 12.3. The van der Waals surface area contributed by atoms with E-state index in [2.05, 4.69) is 187 Å². The van der Waals surface area contributed by atoms with Gasteiger partial charge in [0.15, 0.2) is 0 Å². The second kappa shape index (κ2) is 13.7. The van der Waals surface area contributed by atoms with Gasteiger partial charge in [0.1, 0.15) is 11.6 Å². The molecule has 2 aromatic heterocycles. The van der Waals surface area contributed by atoms with Crippen molar-refractivity contribution in [3.63, 3.8) is 0 Å². The van der Waals surface area contributed by atoms with Crippen molar-refractivity contribution in [3.8, 4) is 56.3 Å². The number of rotatable bonds is 6. The van der Waals surface area contributed by atoms with Crippen LogP contribution >= 0.6 is 0 Å². The molecule has 0 aliphatic rings. The Labute approximate surface area is 325 Å². The second-order valence-electron chi connectivity index (χ2n) is 17.2. The van der Waals surface area contributed by atoms with Crippen LogP contribution in [0.25, 0.3) is 72.4 Å². The fourth-order valence-corrected chi connectivity index (χ4v) is 7.66. The summed E-state index contributed by atoms with van der Waals surface area (Å²) in [6, 6.07) is 47.3. The van der Waals surface area contributed by atoms with Crippen LogP contribution < -0.4 is 0 Å². The monoisotopic (exact) mass is 719 g/mol. The Kier molecular flexibility index (Phi) is 8.96. The molecule has 0 radical (unpaired) electrons. The molecule has 0 unspecified atom stereocenters. The summed E-state index contributed by atoms with van der Waals surface area (Å²) in [7, 11) is 0. The lowest BCUT2D eigenvalue weighted by molar-refractivity contribution is 0.446. The summed E-state index contributed by atoms with van der Waals surface area (Å²) < 4.78 is 2.26. The van der Waals surface area contributed by atoms with Crippen molar-refractivity contribution >= 4 is 21.8 Å².